The number of rotatable bonds is 3. The minimum atomic E-state index is -0.358. The fraction of sp³-hybridized carbons (Fsp3) is 0.800. The maximum atomic E-state index is 8.61. The molecular weight excluding hydrogens is 104 g/mol. The largest absolute Gasteiger partial charge is 0.392 e. The normalized spacial score (nSPS) is 12.6. The van der Waals surface area contributed by atoms with E-state index in [0.717, 1.165) is 0 Å². The van der Waals surface area contributed by atoms with Gasteiger partial charge in [-0.15, -0.1) is 0 Å². The van der Waals surface area contributed by atoms with Gasteiger partial charge in [-0.1, -0.05) is 0 Å². The Kier molecular flexibility index (Phi) is 4.23. The maximum Gasteiger partial charge on any atom is 0.0841 e. The van der Waals surface area contributed by atoms with Crippen LogP contribution in [0, 0.1) is 11.3 Å². The summed E-state index contributed by atoms with van der Waals surface area (Å²) in [6.45, 7) is 2.48. The van der Waals surface area contributed by atoms with Gasteiger partial charge in [-0.25, -0.2) is 0 Å². The van der Waals surface area contributed by atoms with E-state index in [-0.39, 0.29) is 6.10 Å². The maximum absolute atomic E-state index is 8.61. The van der Waals surface area contributed by atoms with E-state index in [1.807, 2.05) is 6.07 Å². The molecule has 3 nitrogen and oxygen atoms in total. The van der Waals surface area contributed by atoms with Crippen molar-refractivity contribution in [1.82, 2.24) is 5.32 Å². The molecule has 0 aliphatic heterocycles. The summed E-state index contributed by atoms with van der Waals surface area (Å²) in [5.41, 5.74) is 0. The van der Waals surface area contributed by atoms with Crippen LogP contribution in [0.1, 0.15) is 6.92 Å². The lowest BCUT2D eigenvalue weighted by molar-refractivity contribution is 0.193. The van der Waals surface area contributed by atoms with E-state index in [9.17, 15) is 0 Å². The zero-order valence-corrected chi connectivity index (χ0v) is 4.89. The average Bonchev–Trinajstić information content (AvgIpc) is 1.66. The molecule has 0 saturated heterocycles. The lowest BCUT2D eigenvalue weighted by Gasteiger charge is -2.00. The van der Waals surface area contributed by atoms with Gasteiger partial charge in [0.05, 0.1) is 18.7 Å². The topological polar surface area (TPSA) is 56.0 Å². The Morgan fingerprint density at radius 2 is 2.50 bits per heavy atom. The Hall–Kier alpha value is -0.590. The van der Waals surface area contributed by atoms with E-state index in [1.54, 1.807) is 6.92 Å². The fourth-order valence-corrected chi connectivity index (χ4v) is 0.337. The van der Waals surface area contributed by atoms with Gasteiger partial charge in [0.1, 0.15) is 0 Å². The smallest absolute Gasteiger partial charge is 0.0841 e. The lowest BCUT2D eigenvalue weighted by Crippen LogP contribution is -2.24. The van der Waals surface area contributed by atoms with Crippen LogP contribution in [-0.2, 0) is 0 Å². The summed E-state index contributed by atoms with van der Waals surface area (Å²) in [5, 5.41) is 19.3. The van der Waals surface area contributed by atoms with Crippen LogP contribution in [0.15, 0.2) is 0 Å². The predicted octanol–water partition coefficient (Wildman–Crippen LogP) is -0.520. The Morgan fingerprint density at radius 1 is 1.88 bits per heavy atom. The minimum Gasteiger partial charge on any atom is -0.392 e. The number of hydrogen-bond acceptors (Lipinski definition) is 3. The standard InChI is InChI=1S/C5H10N2O/c1-5(8)4-7-3-2-6/h5,7-8H,3-4H2,1H3. The predicted molar refractivity (Wildman–Crippen MR) is 30.2 cm³/mol. The Morgan fingerprint density at radius 3 is 2.88 bits per heavy atom. The van der Waals surface area contributed by atoms with Gasteiger partial charge in [-0.05, 0) is 6.92 Å². The first-order valence-electron chi connectivity index (χ1n) is 2.53. The molecule has 0 aromatic carbocycles. The van der Waals surface area contributed by atoms with E-state index in [4.69, 9.17) is 10.4 Å². The van der Waals surface area contributed by atoms with Crippen LogP contribution < -0.4 is 5.32 Å². The van der Waals surface area contributed by atoms with Gasteiger partial charge in [0.2, 0.25) is 0 Å². The second-order valence-corrected chi connectivity index (χ2v) is 1.64. The summed E-state index contributed by atoms with van der Waals surface area (Å²) in [7, 11) is 0. The van der Waals surface area contributed by atoms with Crippen LogP contribution in [0.25, 0.3) is 0 Å². The SMILES string of the molecule is CC(O)CNCC#N. The molecule has 8 heavy (non-hydrogen) atoms. The monoisotopic (exact) mass is 114 g/mol. The second-order valence-electron chi connectivity index (χ2n) is 1.64. The van der Waals surface area contributed by atoms with Crippen molar-refractivity contribution in [2.75, 3.05) is 13.1 Å². The van der Waals surface area contributed by atoms with Gasteiger partial charge in [0.15, 0.2) is 0 Å². The highest BCUT2D eigenvalue weighted by molar-refractivity contribution is 4.72. The van der Waals surface area contributed by atoms with Gasteiger partial charge in [0.25, 0.3) is 0 Å². The highest BCUT2D eigenvalue weighted by Crippen LogP contribution is 1.71. The number of nitrogens with zero attached hydrogens (tertiary/aromatic N) is 1. The first-order valence-corrected chi connectivity index (χ1v) is 2.53. The van der Waals surface area contributed by atoms with Crippen molar-refractivity contribution in [2.24, 2.45) is 0 Å². The zero-order chi connectivity index (χ0) is 6.41. The molecular formula is C5H10N2O. The molecule has 3 heteroatoms. The van der Waals surface area contributed by atoms with Crippen molar-refractivity contribution in [3.8, 4) is 6.07 Å². The van der Waals surface area contributed by atoms with Crippen molar-refractivity contribution >= 4 is 0 Å². The summed E-state index contributed by atoms with van der Waals surface area (Å²) in [6.07, 6.45) is -0.358. The summed E-state index contributed by atoms with van der Waals surface area (Å²) < 4.78 is 0. The highest BCUT2D eigenvalue weighted by atomic mass is 16.3. The Balaban J connectivity index is 2.85. The van der Waals surface area contributed by atoms with Crippen LogP contribution in [0.2, 0.25) is 0 Å². The second kappa shape index (κ2) is 4.57. The number of aliphatic hydroxyl groups is 1. The first-order chi connectivity index (χ1) is 3.77. The number of nitrogens with one attached hydrogen (secondary N) is 1. The lowest BCUT2D eigenvalue weighted by atomic mass is 10.4. The molecule has 0 fully saturated rings. The molecule has 46 valence electrons. The van der Waals surface area contributed by atoms with Crippen LogP contribution in [0.3, 0.4) is 0 Å². The third-order valence-electron chi connectivity index (χ3n) is 0.644. The Labute approximate surface area is 48.9 Å². The fourth-order valence-electron chi connectivity index (χ4n) is 0.337. The van der Waals surface area contributed by atoms with E-state index in [0.29, 0.717) is 13.1 Å². The molecule has 0 amide bonds. The minimum absolute atomic E-state index is 0.310. The molecule has 0 heterocycles. The van der Waals surface area contributed by atoms with Gasteiger partial charge in [-0.3, -0.25) is 0 Å². The van der Waals surface area contributed by atoms with E-state index >= 15 is 0 Å². The molecule has 2 N–H and O–H groups in total. The van der Waals surface area contributed by atoms with E-state index in [1.165, 1.54) is 0 Å². The van der Waals surface area contributed by atoms with Crippen LogP contribution in [-0.4, -0.2) is 24.3 Å². The third kappa shape index (κ3) is 5.41. The van der Waals surface area contributed by atoms with Crippen molar-refractivity contribution in [1.29, 1.82) is 5.26 Å². The van der Waals surface area contributed by atoms with E-state index in [2.05, 4.69) is 5.32 Å². The van der Waals surface area contributed by atoms with Crippen molar-refractivity contribution in [3.63, 3.8) is 0 Å². The molecule has 1 unspecified atom stereocenters. The molecule has 0 aromatic rings. The molecule has 0 spiro atoms. The van der Waals surface area contributed by atoms with Gasteiger partial charge in [-0.2, -0.15) is 5.26 Å². The van der Waals surface area contributed by atoms with Crippen LogP contribution in [0.5, 0.6) is 0 Å². The van der Waals surface area contributed by atoms with Crippen LogP contribution >= 0.6 is 0 Å². The first kappa shape index (κ1) is 7.41. The van der Waals surface area contributed by atoms with Gasteiger partial charge >= 0.3 is 0 Å². The summed E-state index contributed by atoms with van der Waals surface area (Å²) >= 11 is 0. The zero-order valence-electron chi connectivity index (χ0n) is 4.89. The molecule has 0 bridgehead atoms. The summed E-state index contributed by atoms with van der Waals surface area (Å²) in [5.74, 6) is 0. The van der Waals surface area contributed by atoms with E-state index < -0.39 is 0 Å². The van der Waals surface area contributed by atoms with Crippen molar-refractivity contribution in [3.05, 3.63) is 0 Å². The molecule has 0 aliphatic carbocycles. The quantitative estimate of drug-likeness (QED) is 0.383. The average molecular weight is 114 g/mol. The summed E-state index contributed by atoms with van der Waals surface area (Å²) in [4.78, 5) is 0. The molecule has 0 aliphatic rings. The number of aliphatic hydroxyl groups excluding tert-OH is 1. The molecule has 0 saturated carbocycles. The molecule has 0 aromatic heterocycles. The summed E-state index contributed by atoms with van der Waals surface area (Å²) in [6, 6.07) is 1.90. The molecule has 1 atom stereocenters. The highest BCUT2D eigenvalue weighted by Gasteiger charge is 1.90. The van der Waals surface area contributed by atoms with Crippen LogP contribution in [0.4, 0.5) is 0 Å². The van der Waals surface area contributed by atoms with Crippen molar-refractivity contribution < 1.29 is 5.11 Å². The molecule has 0 radical (unpaired) electrons. The van der Waals surface area contributed by atoms with Gasteiger partial charge in [0, 0.05) is 6.54 Å². The number of nitriles is 1. The van der Waals surface area contributed by atoms with Crippen molar-refractivity contribution in [2.45, 2.75) is 13.0 Å². The Bertz CT molecular complexity index is 84.9. The number of hydrogen-bond donors (Lipinski definition) is 2. The van der Waals surface area contributed by atoms with Gasteiger partial charge < -0.3 is 10.4 Å². The molecule has 0 rings (SSSR count). The third-order valence-corrected chi connectivity index (χ3v) is 0.644.